The Morgan fingerprint density at radius 1 is 1.50 bits per heavy atom. The normalized spacial score (nSPS) is 14.9. The molecule has 5 nitrogen and oxygen atoms in total. The summed E-state index contributed by atoms with van der Waals surface area (Å²) >= 11 is 0. The number of nitrogens with zero attached hydrogens (tertiary/aromatic N) is 2. The van der Waals surface area contributed by atoms with Crippen LogP contribution in [0.25, 0.3) is 0 Å². The van der Waals surface area contributed by atoms with Crippen molar-refractivity contribution in [3.63, 3.8) is 0 Å². The lowest BCUT2D eigenvalue weighted by Gasteiger charge is -2.11. The van der Waals surface area contributed by atoms with Gasteiger partial charge in [0, 0.05) is 12.5 Å². The van der Waals surface area contributed by atoms with Gasteiger partial charge in [0.2, 0.25) is 5.91 Å². The highest BCUT2D eigenvalue weighted by molar-refractivity contribution is 5.88. The number of carbonyl (C=O) groups excluding carboxylic acids is 1. The maximum absolute atomic E-state index is 10.9. The van der Waals surface area contributed by atoms with Crippen molar-refractivity contribution in [1.29, 1.82) is 0 Å². The number of hydrogen-bond donors (Lipinski definition) is 2. The van der Waals surface area contributed by atoms with E-state index < -0.39 is 0 Å². The average Bonchev–Trinajstić information content (AvgIpc) is 2.44. The van der Waals surface area contributed by atoms with Crippen molar-refractivity contribution in [2.45, 2.75) is 32.6 Å². The molecular formula is C9H13N3O2. The van der Waals surface area contributed by atoms with E-state index in [0.717, 1.165) is 41.8 Å². The molecule has 1 amide bonds. The molecule has 0 atom stereocenters. The van der Waals surface area contributed by atoms with Gasteiger partial charge in [-0.25, -0.2) is 0 Å². The summed E-state index contributed by atoms with van der Waals surface area (Å²) in [6.07, 6.45) is 3.87. The first-order valence-electron chi connectivity index (χ1n) is 4.76. The van der Waals surface area contributed by atoms with Crippen LogP contribution in [0.2, 0.25) is 0 Å². The molecule has 0 aliphatic heterocycles. The predicted molar refractivity (Wildman–Crippen MR) is 50.4 cm³/mol. The van der Waals surface area contributed by atoms with Crippen molar-refractivity contribution in [2.75, 3.05) is 5.32 Å². The molecular weight excluding hydrogens is 182 g/mol. The Balaban J connectivity index is 2.36. The van der Waals surface area contributed by atoms with Crippen molar-refractivity contribution in [3.05, 3.63) is 11.3 Å². The highest BCUT2D eigenvalue weighted by Gasteiger charge is 2.20. The maximum Gasteiger partial charge on any atom is 0.222 e. The topological polar surface area (TPSA) is 67.2 Å². The Labute approximate surface area is 81.7 Å². The van der Waals surface area contributed by atoms with Crippen LogP contribution in [-0.4, -0.2) is 21.1 Å². The Morgan fingerprint density at radius 2 is 2.21 bits per heavy atom. The maximum atomic E-state index is 10.9. The highest BCUT2D eigenvalue weighted by atomic mass is 16.5. The summed E-state index contributed by atoms with van der Waals surface area (Å²) in [5.74, 6) is 0.353. The first-order chi connectivity index (χ1) is 6.68. The van der Waals surface area contributed by atoms with Gasteiger partial charge in [-0.05, 0) is 25.7 Å². The molecule has 2 N–H and O–H groups in total. The number of anilines is 1. The third kappa shape index (κ3) is 1.45. The molecule has 1 aliphatic rings. The number of aromatic nitrogens is 2. The molecule has 2 rings (SSSR count). The molecule has 76 valence electrons. The van der Waals surface area contributed by atoms with E-state index >= 15 is 0 Å². The molecule has 1 heterocycles. The SMILES string of the molecule is CC(=O)Nc1nn(O)c2c1CCCC2. The van der Waals surface area contributed by atoms with Crippen molar-refractivity contribution in [2.24, 2.45) is 0 Å². The van der Waals surface area contributed by atoms with E-state index in [0.29, 0.717) is 5.82 Å². The summed E-state index contributed by atoms with van der Waals surface area (Å²) in [5.41, 5.74) is 1.81. The van der Waals surface area contributed by atoms with E-state index in [2.05, 4.69) is 10.4 Å². The highest BCUT2D eigenvalue weighted by Crippen LogP contribution is 2.26. The van der Waals surface area contributed by atoms with Gasteiger partial charge in [0.05, 0.1) is 5.69 Å². The van der Waals surface area contributed by atoms with Gasteiger partial charge < -0.3 is 10.5 Å². The molecule has 5 heteroatoms. The van der Waals surface area contributed by atoms with Crippen molar-refractivity contribution in [3.8, 4) is 0 Å². The summed E-state index contributed by atoms with van der Waals surface area (Å²) in [4.78, 5) is 11.8. The number of fused-ring (bicyclic) bond motifs is 1. The van der Waals surface area contributed by atoms with Gasteiger partial charge in [-0.1, -0.05) is 0 Å². The standard InChI is InChI=1S/C9H13N3O2/c1-6(13)10-9-7-4-2-3-5-8(7)12(14)11-9/h14H,2-5H2,1H3,(H,10,11,13). The second-order valence-corrected chi connectivity index (χ2v) is 3.55. The van der Waals surface area contributed by atoms with Crippen LogP contribution in [0.3, 0.4) is 0 Å². The van der Waals surface area contributed by atoms with E-state index in [1.54, 1.807) is 0 Å². The Hall–Kier alpha value is -1.52. The van der Waals surface area contributed by atoms with E-state index in [4.69, 9.17) is 0 Å². The van der Waals surface area contributed by atoms with Crippen LogP contribution in [0.15, 0.2) is 0 Å². The molecule has 0 saturated heterocycles. The summed E-state index contributed by atoms with van der Waals surface area (Å²) in [6.45, 7) is 1.44. The molecule has 0 aromatic carbocycles. The van der Waals surface area contributed by atoms with Gasteiger partial charge in [-0.3, -0.25) is 4.79 Å². The first kappa shape index (κ1) is 9.05. The fourth-order valence-electron chi connectivity index (χ4n) is 1.85. The molecule has 0 radical (unpaired) electrons. The fourth-order valence-corrected chi connectivity index (χ4v) is 1.85. The van der Waals surface area contributed by atoms with E-state index in [-0.39, 0.29) is 5.91 Å². The smallest absolute Gasteiger partial charge is 0.222 e. The Bertz CT molecular complexity index is 370. The van der Waals surface area contributed by atoms with Crippen molar-refractivity contribution < 1.29 is 10.0 Å². The molecule has 1 aromatic rings. The van der Waals surface area contributed by atoms with Crippen LogP contribution in [0.4, 0.5) is 5.82 Å². The minimum absolute atomic E-state index is 0.156. The molecule has 0 spiro atoms. The summed E-state index contributed by atoms with van der Waals surface area (Å²) in [6, 6.07) is 0. The number of rotatable bonds is 1. The predicted octanol–water partition coefficient (Wildman–Crippen LogP) is 0.958. The quantitative estimate of drug-likeness (QED) is 0.656. The number of nitrogens with one attached hydrogen (secondary N) is 1. The van der Waals surface area contributed by atoms with E-state index in [1.165, 1.54) is 6.92 Å². The zero-order valence-electron chi connectivity index (χ0n) is 8.08. The van der Waals surface area contributed by atoms with Gasteiger partial charge in [0.25, 0.3) is 0 Å². The molecule has 0 fully saturated rings. The van der Waals surface area contributed by atoms with Crippen LogP contribution >= 0.6 is 0 Å². The largest absolute Gasteiger partial charge is 0.411 e. The molecule has 14 heavy (non-hydrogen) atoms. The number of amides is 1. The minimum Gasteiger partial charge on any atom is -0.411 e. The second-order valence-electron chi connectivity index (χ2n) is 3.55. The van der Waals surface area contributed by atoms with E-state index in [1.807, 2.05) is 0 Å². The average molecular weight is 195 g/mol. The number of carbonyl (C=O) groups is 1. The molecule has 1 aromatic heterocycles. The van der Waals surface area contributed by atoms with E-state index in [9.17, 15) is 10.0 Å². The van der Waals surface area contributed by atoms with Crippen LogP contribution in [-0.2, 0) is 17.6 Å². The van der Waals surface area contributed by atoms with Gasteiger partial charge in [0.1, 0.15) is 0 Å². The third-order valence-electron chi connectivity index (χ3n) is 2.46. The number of hydrogen-bond acceptors (Lipinski definition) is 3. The lowest BCUT2D eigenvalue weighted by molar-refractivity contribution is -0.114. The van der Waals surface area contributed by atoms with Gasteiger partial charge in [-0.15, -0.1) is 9.94 Å². The van der Waals surface area contributed by atoms with Crippen LogP contribution in [0.5, 0.6) is 0 Å². The Kier molecular flexibility index (Phi) is 2.15. The zero-order valence-corrected chi connectivity index (χ0v) is 8.08. The fraction of sp³-hybridized carbons (Fsp3) is 0.556. The lowest BCUT2D eigenvalue weighted by Crippen LogP contribution is -2.09. The van der Waals surface area contributed by atoms with Crippen LogP contribution in [0, 0.1) is 0 Å². The molecule has 0 saturated carbocycles. The summed E-state index contributed by atoms with van der Waals surface area (Å²) in [5, 5.41) is 15.9. The third-order valence-corrected chi connectivity index (χ3v) is 2.46. The van der Waals surface area contributed by atoms with Crippen molar-refractivity contribution in [1.82, 2.24) is 9.94 Å². The summed E-state index contributed by atoms with van der Waals surface area (Å²) in [7, 11) is 0. The van der Waals surface area contributed by atoms with Gasteiger partial charge in [0.15, 0.2) is 5.82 Å². The molecule has 1 aliphatic carbocycles. The minimum atomic E-state index is -0.156. The van der Waals surface area contributed by atoms with Gasteiger partial charge >= 0.3 is 0 Å². The second kappa shape index (κ2) is 3.32. The van der Waals surface area contributed by atoms with Crippen LogP contribution < -0.4 is 5.32 Å². The summed E-state index contributed by atoms with van der Waals surface area (Å²) < 4.78 is 0. The molecule has 0 bridgehead atoms. The van der Waals surface area contributed by atoms with Gasteiger partial charge in [-0.2, -0.15) is 0 Å². The first-order valence-corrected chi connectivity index (χ1v) is 4.76. The molecule has 0 unspecified atom stereocenters. The van der Waals surface area contributed by atoms with Crippen molar-refractivity contribution >= 4 is 11.7 Å². The zero-order chi connectivity index (χ0) is 10.1. The monoisotopic (exact) mass is 195 g/mol. The Morgan fingerprint density at radius 3 is 2.93 bits per heavy atom. The lowest BCUT2D eigenvalue weighted by atomic mass is 9.97. The van der Waals surface area contributed by atoms with Crippen LogP contribution in [0.1, 0.15) is 31.0 Å².